The highest BCUT2D eigenvalue weighted by molar-refractivity contribution is 9.10. The molecule has 6 unspecified atom stereocenters. The molecule has 0 amide bonds. The van der Waals surface area contributed by atoms with Crippen molar-refractivity contribution in [3.63, 3.8) is 0 Å². The second-order valence-corrected chi connectivity index (χ2v) is 14.3. The third-order valence-corrected chi connectivity index (χ3v) is 12.0. The van der Waals surface area contributed by atoms with Crippen LogP contribution >= 0.6 is 27.7 Å². The number of carbonyl (C=O) groups is 1. The lowest BCUT2D eigenvalue weighted by atomic mass is 9.47. The lowest BCUT2D eigenvalue weighted by Gasteiger charge is -2.57. The van der Waals surface area contributed by atoms with Crippen LogP contribution in [0.3, 0.4) is 0 Å². The number of allylic oxidation sites excluding steroid dienone is 1. The number of nitriles is 1. The fraction of sp³-hybridized carbons (Fsp3) is 0.531. The second-order valence-electron chi connectivity index (χ2n) is 12.4. The van der Waals surface area contributed by atoms with E-state index in [0.717, 1.165) is 48.7 Å². The predicted octanol–water partition coefficient (Wildman–Crippen LogP) is 7.34. The number of nitrogens with zero attached hydrogens (tertiary/aromatic N) is 2. The number of hydrogen-bond donors (Lipinski definition) is 1. The number of fused-ring (bicyclic) bond motifs is 7. The van der Waals surface area contributed by atoms with Crippen LogP contribution in [0, 0.1) is 41.4 Å². The molecule has 2 saturated carbocycles. The number of halogens is 1. The molecule has 6 heteroatoms. The third kappa shape index (κ3) is 4.03. The Morgan fingerprint density at radius 2 is 1.89 bits per heavy atom. The van der Waals surface area contributed by atoms with E-state index in [1.165, 1.54) is 34.9 Å². The van der Waals surface area contributed by atoms with E-state index in [9.17, 15) is 15.2 Å². The van der Waals surface area contributed by atoms with Crippen molar-refractivity contribution in [3.8, 4) is 6.07 Å². The van der Waals surface area contributed by atoms with Crippen molar-refractivity contribution in [1.82, 2.24) is 4.98 Å². The van der Waals surface area contributed by atoms with Crippen molar-refractivity contribution >= 4 is 33.5 Å². The fourth-order valence-electron chi connectivity index (χ4n) is 8.64. The number of aryl methyl sites for hydroxylation is 1. The molecule has 1 heterocycles. The largest absolute Gasteiger partial charge is 0.393 e. The van der Waals surface area contributed by atoms with Gasteiger partial charge in [-0.05, 0) is 104 Å². The summed E-state index contributed by atoms with van der Waals surface area (Å²) in [6, 6.07) is 9.94. The Morgan fingerprint density at radius 3 is 2.63 bits per heavy atom. The zero-order valence-electron chi connectivity index (χ0n) is 22.4. The van der Waals surface area contributed by atoms with Gasteiger partial charge in [-0.2, -0.15) is 5.26 Å². The van der Waals surface area contributed by atoms with Gasteiger partial charge in [0.15, 0.2) is 5.78 Å². The van der Waals surface area contributed by atoms with Gasteiger partial charge < -0.3 is 5.11 Å². The highest BCUT2D eigenvalue weighted by atomic mass is 79.9. The topological polar surface area (TPSA) is 74.0 Å². The van der Waals surface area contributed by atoms with Crippen molar-refractivity contribution in [2.24, 2.45) is 23.2 Å². The molecular weight excluding hydrogens is 556 g/mol. The molecule has 0 bridgehead atoms. The van der Waals surface area contributed by atoms with Crippen LogP contribution in [0.15, 0.2) is 45.4 Å². The van der Waals surface area contributed by atoms with Crippen LogP contribution in [0.2, 0.25) is 0 Å². The van der Waals surface area contributed by atoms with Crippen molar-refractivity contribution < 1.29 is 9.90 Å². The number of pyridine rings is 1. The zero-order chi connectivity index (χ0) is 26.8. The van der Waals surface area contributed by atoms with Crippen molar-refractivity contribution in [2.45, 2.75) is 82.3 Å². The van der Waals surface area contributed by atoms with Crippen molar-refractivity contribution in [3.05, 3.63) is 68.3 Å². The molecular formula is C32H35BrN2O2S. The maximum Gasteiger partial charge on any atom is 0.173 e. The van der Waals surface area contributed by atoms with Gasteiger partial charge in [0.2, 0.25) is 0 Å². The minimum absolute atomic E-state index is 0.0332. The van der Waals surface area contributed by atoms with Gasteiger partial charge in [-0.3, -0.25) is 4.79 Å². The molecule has 4 aliphatic rings. The number of carbonyl (C=O) groups excluding carboxylic acids is 1. The molecule has 198 valence electrons. The summed E-state index contributed by atoms with van der Waals surface area (Å²) >= 11 is 4.82. The summed E-state index contributed by atoms with van der Waals surface area (Å²) in [5.41, 5.74) is 6.59. The summed E-state index contributed by atoms with van der Waals surface area (Å²) in [6.45, 7) is 6.98. The Hall–Kier alpha value is -1.94. The van der Waals surface area contributed by atoms with E-state index in [2.05, 4.69) is 48.8 Å². The van der Waals surface area contributed by atoms with Crippen LogP contribution in [-0.2, 0) is 11.8 Å². The fourth-order valence-corrected chi connectivity index (χ4v) is 9.85. The van der Waals surface area contributed by atoms with E-state index in [-0.39, 0.29) is 28.5 Å². The van der Waals surface area contributed by atoms with E-state index in [0.29, 0.717) is 33.9 Å². The number of aliphatic hydroxyl groups is 1. The van der Waals surface area contributed by atoms with Gasteiger partial charge in [0.05, 0.1) is 17.4 Å². The van der Waals surface area contributed by atoms with Crippen LogP contribution in [0.1, 0.15) is 85.1 Å². The van der Waals surface area contributed by atoms with E-state index in [1.807, 2.05) is 24.3 Å². The first-order valence-corrected chi connectivity index (χ1v) is 15.7. The highest BCUT2D eigenvalue weighted by Crippen LogP contribution is 2.64. The van der Waals surface area contributed by atoms with Crippen LogP contribution in [0.4, 0.5) is 0 Å². The molecule has 2 aromatic rings. The monoisotopic (exact) mass is 590 g/mol. The highest BCUT2D eigenvalue weighted by Gasteiger charge is 2.58. The number of ketones is 1. The standard InChI is InChI=1S/C32H35BrN2O2S/c1-18-29-24(25(16-34)30(35-18)38-17-28(37)19-4-7-21(33)8-5-19)15-27-23-9-6-20-14-22(36)10-12-31(20,2)26(23)11-13-32(27,29)3/h4-8,22-23,26-27,36H,9-15,17H2,1-3H3. The van der Waals surface area contributed by atoms with Gasteiger partial charge in [-0.15, -0.1) is 0 Å². The third-order valence-electron chi connectivity index (χ3n) is 10.5. The first kappa shape index (κ1) is 26.3. The average molecular weight is 592 g/mol. The Labute approximate surface area is 238 Å². The van der Waals surface area contributed by atoms with Crippen molar-refractivity contribution in [2.75, 3.05) is 5.75 Å². The smallest absolute Gasteiger partial charge is 0.173 e. The molecule has 2 fully saturated rings. The van der Waals surface area contributed by atoms with Crippen LogP contribution in [-0.4, -0.2) is 27.7 Å². The molecule has 6 rings (SSSR count). The molecule has 0 saturated heterocycles. The van der Waals surface area contributed by atoms with E-state index in [4.69, 9.17) is 4.98 Å². The van der Waals surface area contributed by atoms with Gasteiger partial charge in [0, 0.05) is 15.7 Å². The number of thioether (sulfide) groups is 1. The van der Waals surface area contributed by atoms with Gasteiger partial charge in [0.1, 0.15) is 11.1 Å². The number of hydrogen-bond acceptors (Lipinski definition) is 5. The summed E-state index contributed by atoms with van der Waals surface area (Å²) in [5, 5.41) is 21.4. The molecule has 0 aliphatic heterocycles. The second kappa shape index (κ2) is 9.61. The van der Waals surface area contributed by atoms with Crippen LogP contribution < -0.4 is 0 Å². The lowest BCUT2D eigenvalue weighted by molar-refractivity contribution is -0.0164. The minimum Gasteiger partial charge on any atom is -0.393 e. The summed E-state index contributed by atoms with van der Waals surface area (Å²) in [7, 11) is 0. The maximum absolute atomic E-state index is 12.9. The first-order chi connectivity index (χ1) is 18.2. The van der Waals surface area contributed by atoms with Gasteiger partial charge in [0.25, 0.3) is 0 Å². The molecule has 0 radical (unpaired) electrons. The molecule has 38 heavy (non-hydrogen) atoms. The van der Waals surface area contributed by atoms with E-state index in [1.54, 1.807) is 0 Å². The molecule has 1 aromatic carbocycles. The summed E-state index contributed by atoms with van der Waals surface area (Å²) in [6.07, 6.45) is 9.42. The predicted molar refractivity (Wildman–Crippen MR) is 154 cm³/mol. The van der Waals surface area contributed by atoms with Crippen LogP contribution in [0.5, 0.6) is 0 Å². The quantitative estimate of drug-likeness (QED) is 0.229. The zero-order valence-corrected chi connectivity index (χ0v) is 24.8. The lowest BCUT2D eigenvalue weighted by Crippen LogP contribution is -2.51. The first-order valence-electron chi connectivity index (χ1n) is 13.9. The summed E-state index contributed by atoms with van der Waals surface area (Å²) in [5.74, 6) is 2.04. The molecule has 0 spiro atoms. The van der Waals surface area contributed by atoms with Gasteiger partial charge >= 0.3 is 0 Å². The molecule has 1 N–H and O–H groups in total. The summed E-state index contributed by atoms with van der Waals surface area (Å²) < 4.78 is 0.946. The molecule has 4 aliphatic carbocycles. The normalized spacial score (nSPS) is 33.3. The Balaban J connectivity index is 1.31. The SMILES string of the molecule is Cc1nc(SCC(=O)c2ccc(Br)cc2)c(C#N)c2c1C1(C)CCC3C(CC=C4CC(O)CCC43C)C1C2. The molecule has 1 aromatic heterocycles. The molecule has 4 nitrogen and oxygen atoms in total. The van der Waals surface area contributed by atoms with Gasteiger partial charge in [-0.25, -0.2) is 4.98 Å². The van der Waals surface area contributed by atoms with Crippen molar-refractivity contribution in [1.29, 1.82) is 5.26 Å². The average Bonchev–Trinajstić information content (AvgIpc) is 3.22. The summed E-state index contributed by atoms with van der Waals surface area (Å²) in [4.78, 5) is 17.8. The number of aromatic nitrogens is 1. The maximum atomic E-state index is 12.9. The minimum atomic E-state index is -0.186. The Bertz CT molecular complexity index is 1380. The van der Waals surface area contributed by atoms with E-state index < -0.39 is 0 Å². The number of rotatable bonds is 4. The molecule has 6 atom stereocenters. The number of Topliss-reactive ketones (excluding diaryl/α,β-unsaturated/α-hetero) is 1. The number of benzene rings is 1. The number of aliphatic hydroxyl groups excluding tert-OH is 1. The Kier molecular flexibility index (Phi) is 6.65. The van der Waals surface area contributed by atoms with Gasteiger partial charge in [-0.1, -0.05) is 65.3 Å². The van der Waals surface area contributed by atoms with Crippen LogP contribution in [0.25, 0.3) is 0 Å². The Morgan fingerprint density at radius 1 is 1.16 bits per heavy atom. The van der Waals surface area contributed by atoms with E-state index >= 15 is 0 Å².